The van der Waals surface area contributed by atoms with Crippen LogP contribution in [0.15, 0.2) is 0 Å². The van der Waals surface area contributed by atoms with E-state index in [1.807, 2.05) is 0 Å². The lowest BCUT2D eigenvalue weighted by atomic mass is 9.77. The molecule has 1 N–H and O–H groups in total. The van der Waals surface area contributed by atoms with Gasteiger partial charge < -0.3 is 9.84 Å². The molecule has 0 saturated heterocycles. The zero-order chi connectivity index (χ0) is 12.2. The molecule has 92 valence electrons. The van der Waals surface area contributed by atoms with Crippen LogP contribution < -0.4 is 0 Å². The van der Waals surface area contributed by atoms with Crippen LogP contribution in [-0.4, -0.2) is 23.4 Å². The Balaban J connectivity index is 4.30. The normalized spacial score (nSPS) is 19.0. The van der Waals surface area contributed by atoms with Gasteiger partial charge in [-0.2, -0.15) is 0 Å². The Morgan fingerprint density at radius 2 is 1.53 bits per heavy atom. The van der Waals surface area contributed by atoms with Crippen molar-refractivity contribution in [2.75, 3.05) is 6.61 Å². The lowest BCUT2D eigenvalue weighted by Gasteiger charge is -2.37. The Morgan fingerprint density at radius 1 is 1.07 bits per heavy atom. The Hall–Kier alpha value is -0.0800. The topological polar surface area (TPSA) is 29.5 Å². The van der Waals surface area contributed by atoms with Crippen LogP contribution in [0.1, 0.15) is 48.5 Å². The van der Waals surface area contributed by atoms with Gasteiger partial charge in [-0.1, -0.05) is 27.7 Å². The van der Waals surface area contributed by atoms with E-state index in [4.69, 9.17) is 4.74 Å². The first-order valence-electron chi connectivity index (χ1n) is 6.00. The second kappa shape index (κ2) is 5.86. The minimum absolute atomic E-state index is 0.166. The molecule has 0 aromatic carbocycles. The Kier molecular flexibility index (Phi) is 5.82. The maximum absolute atomic E-state index is 9.22. The summed E-state index contributed by atoms with van der Waals surface area (Å²) >= 11 is 0. The van der Waals surface area contributed by atoms with Crippen LogP contribution >= 0.6 is 0 Å². The third kappa shape index (κ3) is 4.98. The average molecular weight is 216 g/mol. The summed E-state index contributed by atoms with van der Waals surface area (Å²) in [5.74, 6) is 1.76. The van der Waals surface area contributed by atoms with Crippen LogP contribution in [0.3, 0.4) is 0 Å². The van der Waals surface area contributed by atoms with Crippen LogP contribution in [0.5, 0.6) is 0 Å². The standard InChI is InChI=1S/C13H28O2/c1-9(2)11(4)12(5)13(6,7)15-8-10(3)14/h9-12,14H,8H2,1-7H3. The van der Waals surface area contributed by atoms with Crippen molar-refractivity contribution >= 4 is 0 Å². The van der Waals surface area contributed by atoms with Crippen molar-refractivity contribution in [1.82, 2.24) is 0 Å². The van der Waals surface area contributed by atoms with Crippen LogP contribution in [0.25, 0.3) is 0 Å². The monoisotopic (exact) mass is 216 g/mol. The molecule has 2 heteroatoms. The van der Waals surface area contributed by atoms with Crippen LogP contribution in [0, 0.1) is 17.8 Å². The largest absolute Gasteiger partial charge is 0.391 e. The van der Waals surface area contributed by atoms with Gasteiger partial charge in [-0.15, -0.1) is 0 Å². The van der Waals surface area contributed by atoms with Gasteiger partial charge in [0.2, 0.25) is 0 Å². The smallest absolute Gasteiger partial charge is 0.0745 e. The first-order chi connectivity index (χ1) is 6.68. The van der Waals surface area contributed by atoms with E-state index in [-0.39, 0.29) is 11.7 Å². The van der Waals surface area contributed by atoms with E-state index in [0.717, 1.165) is 0 Å². The van der Waals surface area contributed by atoms with Gasteiger partial charge >= 0.3 is 0 Å². The highest BCUT2D eigenvalue weighted by molar-refractivity contribution is 4.81. The molecule has 0 aromatic heterocycles. The summed E-state index contributed by atoms with van der Waals surface area (Å²) in [6, 6.07) is 0. The van der Waals surface area contributed by atoms with E-state index < -0.39 is 0 Å². The summed E-state index contributed by atoms with van der Waals surface area (Å²) < 4.78 is 5.77. The fraction of sp³-hybridized carbons (Fsp3) is 1.00. The second-order valence-corrected chi connectivity index (χ2v) is 5.66. The Labute approximate surface area is 95.0 Å². The lowest BCUT2D eigenvalue weighted by Crippen LogP contribution is -2.39. The molecule has 3 atom stereocenters. The van der Waals surface area contributed by atoms with E-state index >= 15 is 0 Å². The van der Waals surface area contributed by atoms with Crippen molar-refractivity contribution < 1.29 is 9.84 Å². The lowest BCUT2D eigenvalue weighted by molar-refractivity contribution is -0.0986. The van der Waals surface area contributed by atoms with Crippen LogP contribution in [-0.2, 0) is 4.74 Å². The first-order valence-corrected chi connectivity index (χ1v) is 6.00. The summed E-state index contributed by atoms with van der Waals surface area (Å²) in [5.41, 5.74) is -0.166. The number of hydrogen-bond acceptors (Lipinski definition) is 2. The summed E-state index contributed by atoms with van der Waals surface area (Å²) in [5, 5.41) is 9.22. The van der Waals surface area contributed by atoms with Gasteiger partial charge in [0.25, 0.3) is 0 Å². The van der Waals surface area contributed by atoms with Crippen molar-refractivity contribution in [3.63, 3.8) is 0 Å². The van der Waals surface area contributed by atoms with Gasteiger partial charge in [0.1, 0.15) is 0 Å². The molecule has 0 rings (SSSR count). The van der Waals surface area contributed by atoms with E-state index in [1.54, 1.807) is 6.92 Å². The third-order valence-corrected chi connectivity index (χ3v) is 3.63. The van der Waals surface area contributed by atoms with E-state index in [9.17, 15) is 5.11 Å². The van der Waals surface area contributed by atoms with Crippen molar-refractivity contribution in [1.29, 1.82) is 0 Å². The van der Waals surface area contributed by atoms with Crippen molar-refractivity contribution in [2.45, 2.75) is 60.2 Å². The number of rotatable bonds is 6. The Morgan fingerprint density at radius 3 is 1.87 bits per heavy atom. The summed E-state index contributed by atoms with van der Waals surface area (Å²) in [7, 11) is 0. The van der Waals surface area contributed by atoms with Gasteiger partial charge in [-0.25, -0.2) is 0 Å². The molecule has 0 fully saturated rings. The van der Waals surface area contributed by atoms with Crippen LogP contribution in [0.2, 0.25) is 0 Å². The predicted molar refractivity (Wildman–Crippen MR) is 64.9 cm³/mol. The fourth-order valence-corrected chi connectivity index (χ4v) is 1.68. The molecular weight excluding hydrogens is 188 g/mol. The molecule has 2 nitrogen and oxygen atoms in total. The molecule has 0 radical (unpaired) electrons. The number of aliphatic hydroxyl groups is 1. The van der Waals surface area contributed by atoms with Crippen molar-refractivity contribution in [3.8, 4) is 0 Å². The number of hydrogen-bond donors (Lipinski definition) is 1. The SMILES string of the molecule is CC(O)COC(C)(C)C(C)C(C)C(C)C. The molecule has 0 aliphatic rings. The van der Waals surface area contributed by atoms with Gasteiger partial charge in [-0.3, -0.25) is 0 Å². The first kappa shape index (κ1) is 14.9. The minimum atomic E-state index is -0.383. The molecule has 15 heavy (non-hydrogen) atoms. The maximum Gasteiger partial charge on any atom is 0.0745 e. The fourth-order valence-electron chi connectivity index (χ4n) is 1.68. The quantitative estimate of drug-likeness (QED) is 0.739. The highest BCUT2D eigenvalue weighted by Crippen LogP contribution is 2.31. The van der Waals surface area contributed by atoms with Crippen molar-refractivity contribution in [2.24, 2.45) is 17.8 Å². The molecule has 0 amide bonds. The molecule has 0 saturated carbocycles. The van der Waals surface area contributed by atoms with Gasteiger partial charge in [0, 0.05) is 0 Å². The summed E-state index contributed by atoms with van der Waals surface area (Å²) in [6.45, 7) is 15.4. The zero-order valence-electron chi connectivity index (χ0n) is 11.4. The van der Waals surface area contributed by atoms with Crippen molar-refractivity contribution in [3.05, 3.63) is 0 Å². The molecule has 0 aliphatic heterocycles. The molecule has 0 aromatic rings. The van der Waals surface area contributed by atoms with Gasteiger partial charge in [-0.05, 0) is 38.5 Å². The Bertz CT molecular complexity index is 173. The highest BCUT2D eigenvalue weighted by Gasteiger charge is 2.32. The average Bonchev–Trinajstić information content (AvgIpc) is 2.12. The summed E-state index contributed by atoms with van der Waals surface area (Å²) in [6.07, 6.45) is -0.383. The number of ether oxygens (including phenoxy) is 1. The molecular formula is C13H28O2. The molecule has 3 unspecified atom stereocenters. The van der Waals surface area contributed by atoms with Gasteiger partial charge in [0.15, 0.2) is 0 Å². The van der Waals surface area contributed by atoms with E-state index in [0.29, 0.717) is 24.4 Å². The predicted octanol–water partition coefficient (Wildman–Crippen LogP) is 3.09. The molecule has 0 aliphatic carbocycles. The van der Waals surface area contributed by atoms with Crippen LogP contribution in [0.4, 0.5) is 0 Å². The van der Waals surface area contributed by atoms with E-state index in [1.165, 1.54) is 0 Å². The highest BCUT2D eigenvalue weighted by atomic mass is 16.5. The minimum Gasteiger partial charge on any atom is -0.391 e. The summed E-state index contributed by atoms with van der Waals surface area (Å²) in [4.78, 5) is 0. The molecule has 0 bridgehead atoms. The third-order valence-electron chi connectivity index (χ3n) is 3.63. The van der Waals surface area contributed by atoms with E-state index in [2.05, 4.69) is 41.5 Å². The second-order valence-electron chi connectivity index (χ2n) is 5.66. The zero-order valence-corrected chi connectivity index (χ0v) is 11.4. The molecule has 0 heterocycles. The molecule has 0 spiro atoms. The van der Waals surface area contributed by atoms with Gasteiger partial charge in [0.05, 0.1) is 18.3 Å². The number of aliphatic hydroxyl groups excluding tert-OH is 1. The maximum atomic E-state index is 9.22.